The summed E-state index contributed by atoms with van der Waals surface area (Å²) in [6.07, 6.45) is 2.19. The molecule has 0 bridgehead atoms. The molecule has 102 valence electrons. The minimum Gasteiger partial charge on any atom is -0.466 e. The molecule has 3 heteroatoms. The smallest absolute Gasteiger partial charge is 0.334 e. The summed E-state index contributed by atoms with van der Waals surface area (Å²) in [4.78, 5) is 11.8. The van der Waals surface area contributed by atoms with Gasteiger partial charge in [0.2, 0.25) is 0 Å². The van der Waals surface area contributed by atoms with Crippen LogP contribution in [0.1, 0.15) is 11.1 Å². The zero-order valence-corrected chi connectivity index (χ0v) is 11.2. The zero-order valence-electron chi connectivity index (χ0n) is 11.2. The number of esters is 1. The molecule has 0 saturated carbocycles. The Morgan fingerprint density at radius 2 is 1.75 bits per heavy atom. The fraction of sp³-hybridized carbons (Fsp3) is 0.118. The van der Waals surface area contributed by atoms with Gasteiger partial charge in [-0.15, -0.1) is 0 Å². The number of hydrogen-bond acceptors (Lipinski definition) is 2. The van der Waals surface area contributed by atoms with Gasteiger partial charge in [-0.2, -0.15) is 0 Å². The lowest BCUT2D eigenvalue weighted by atomic mass is 10.0. The number of methoxy groups -OCH3 is 1. The Morgan fingerprint density at radius 3 is 2.35 bits per heavy atom. The van der Waals surface area contributed by atoms with Crippen LogP contribution in [0, 0.1) is 5.82 Å². The van der Waals surface area contributed by atoms with Crippen LogP contribution in [0.2, 0.25) is 0 Å². The topological polar surface area (TPSA) is 26.3 Å². The van der Waals surface area contributed by atoms with E-state index in [9.17, 15) is 9.18 Å². The summed E-state index contributed by atoms with van der Waals surface area (Å²) in [5.41, 5.74) is 2.32. The molecule has 0 aliphatic heterocycles. The number of ether oxygens (including phenoxy) is 1. The van der Waals surface area contributed by atoms with Gasteiger partial charge in [-0.05, 0) is 29.3 Å². The molecule has 2 aromatic carbocycles. The van der Waals surface area contributed by atoms with Crippen LogP contribution in [-0.2, 0) is 16.0 Å². The minimum atomic E-state index is -0.377. The maximum atomic E-state index is 12.9. The number of rotatable bonds is 4. The lowest BCUT2D eigenvalue weighted by Crippen LogP contribution is -2.07. The van der Waals surface area contributed by atoms with Crippen LogP contribution in [0.15, 0.2) is 60.2 Å². The van der Waals surface area contributed by atoms with Gasteiger partial charge in [0.25, 0.3) is 0 Å². The predicted octanol–water partition coefficient (Wildman–Crippen LogP) is 3.62. The van der Waals surface area contributed by atoms with E-state index >= 15 is 0 Å². The predicted molar refractivity (Wildman–Crippen MR) is 76.5 cm³/mol. The van der Waals surface area contributed by atoms with E-state index < -0.39 is 0 Å². The molecule has 0 unspecified atom stereocenters. The third-order valence-corrected chi connectivity index (χ3v) is 2.90. The van der Waals surface area contributed by atoms with Crippen LogP contribution in [0.5, 0.6) is 0 Å². The normalized spacial score (nSPS) is 11.2. The Balaban J connectivity index is 2.26. The first-order chi connectivity index (χ1) is 9.69. The minimum absolute atomic E-state index is 0.291. The van der Waals surface area contributed by atoms with Gasteiger partial charge in [0.1, 0.15) is 5.82 Å². The first-order valence-electron chi connectivity index (χ1n) is 6.27. The Bertz CT molecular complexity index is 601. The molecule has 0 aromatic heterocycles. The molecule has 0 aliphatic rings. The van der Waals surface area contributed by atoms with Crippen molar-refractivity contribution in [1.82, 2.24) is 0 Å². The van der Waals surface area contributed by atoms with Gasteiger partial charge in [0.05, 0.1) is 7.11 Å². The Morgan fingerprint density at radius 1 is 1.10 bits per heavy atom. The van der Waals surface area contributed by atoms with Crippen LogP contribution >= 0.6 is 0 Å². The summed E-state index contributed by atoms with van der Waals surface area (Å²) in [6.45, 7) is 0. The van der Waals surface area contributed by atoms with Crippen molar-refractivity contribution in [2.45, 2.75) is 6.42 Å². The number of carbonyl (C=O) groups excluding carboxylic acids is 1. The van der Waals surface area contributed by atoms with E-state index in [1.54, 1.807) is 18.2 Å². The molecule has 0 saturated heterocycles. The quantitative estimate of drug-likeness (QED) is 0.626. The summed E-state index contributed by atoms with van der Waals surface area (Å²) in [6, 6.07) is 15.6. The number of carbonyl (C=O) groups is 1. The van der Waals surface area contributed by atoms with E-state index in [-0.39, 0.29) is 11.8 Å². The molecule has 2 nitrogen and oxygen atoms in total. The maximum absolute atomic E-state index is 12.9. The van der Waals surface area contributed by atoms with Crippen molar-refractivity contribution in [3.8, 4) is 0 Å². The lowest BCUT2D eigenvalue weighted by molar-refractivity contribution is -0.136. The second-order valence-electron chi connectivity index (χ2n) is 4.38. The first-order valence-corrected chi connectivity index (χ1v) is 6.27. The third kappa shape index (κ3) is 3.79. The second kappa shape index (κ2) is 6.66. The van der Waals surface area contributed by atoms with Gasteiger partial charge in [-0.3, -0.25) is 0 Å². The van der Waals surface area contributed by atoms with Gasteiger partial charge >= 0.3 is 5.97 Å². The molecule has 0 atom stereocenters. The molecule has 0 N–H and O–H groups in total. The van der Waals surface area contributed by atoms with Gasteiger partial charge in [-0.1, -0.05) is 42.5 Å². The summed E-state index contributed by atoms with van der Waals surface area (Å²) in [7, 11) is 1.35. The van der Waals surface area contributed by atoms with E-state index in [1.165, 1.54) is 19.2 Å². The molecule has 20 heavy (non-hydrogen) atoms. The van der Waals surface area contributed by atoms with Crippen LogP contribution in [0.4, 0.5) is 4.39 Å². The third-order valence-electron chi connectivity index (χ3n) is 2.90. The fourth-order valence-corrected chi connectivity index (χ4v) is 1.89. The highest BCUT2D eigenvalue weighted by Crippen LogP contribution is 2.14. The van der Waals surface area contributed by atoms with Crippen molar-refractivity contribution < 1.29 is 13.9 Å². The Hall–Kier alpha value is -2.42. The van der Waals surface area contributed by atoms with Crippen molar-refractivity contribution in [2.75, 3.05) is 7.11 Å². The average molecular weight is 270 g/mol. The van der Waals surface area contributed by atoms with Crippen molar-refractivity contribution in [1.29, 1.82) is 0 Å². The van der Waals surface area contributed by atoms with Crippen molar-refractivity contribution in [3.05, 3.63) is 77.1 Å². The zero-order chi connectivity index (χ0) is 14.4. The molecular formula is C17H15FO2. The van der Waals surface area contributed by atoms with Crippen LogP contribution in [-0.4, -0.2) is 13.1 Å². The summed E-state index contributed by atoms with van der Waals surface area (Å²) >= 11 is 0. The van der Waals surface area contributed by atoms with Gasteiger partial charge in [0, 0.05) is 12.0 Å². The van der Waals surface area contributed by atoms with Crippen LogP contribution < -0.4 is 0 Å². The van der Waals surface area contributed by atoms with E-state index in [0.717, 1.165) is 11.1 Å². The summed E-state index contributed by atoms with van der Waals surface area (Å²) < 4.78 is 17.7. The van der Waals surface area contributed by atoms with Gasteiger partial charge in [-0.25, -0.2) is 9.18 Å². The average Bonchev–Trinajstić information content (AvgIpc) is 2.49. The highest BCUT2D eigenvalue weighted by atomic mass is 19.1. The van der Waals surface area contributed by atoms with Gasteiger partial charge < -0.3 is 4.74 Å². The Kier molecular flexibility index (Phi) is 4.66. The molecule has 0 heterocycles. The molecule has 0 fully saturated rings. The standard InChI is InChI=1S/C17H15FO2/c1-20-17(19)15(11-13-5-3-2-4-6-13)12-14-7-9-16(18)10-8-14/h2-11H,12H2,1H3/b15-11+. The van der Waals surface area contributed by atoms with E-state index in [0.29, 0.717) is 12.0 Å². The van der Waals surface area contributed by atoms with Crippen molar-refractivity contribution >= 4 is 12.0 Å². The van der Waals surface area contributed by atoms with E-state index in [1.807, 2.05) is 30.3 Å². The largest absolute Gasteiger partial charge is 0.466 e. The van der Waals surface area contributed by atoms with Crippen LogP contribution in [0.3, 0.4) is 0 Å². The van der Waals surface area contributed by atoms with Crippen molar-refractivity contribution in [2.24, 2.45) is 0 Å². The van der Waals surface area contributed by atoms with Crippen LogP contribution in [0.25, 0.3) is 6.08 Å². The molecule has 2 aromatic rings. The highest BCUT2D eigenvalue weighted by molar-refractivity contribution is 5.94. The molecular weight excluding hydrogens is 255 g/mol. The number of halogens is 1. The Labute approximate surface area is 117 Å². The second-order valence-corrected chi connectivity index (χ2v) is 4.38. The molecule has 0 amide bonds. The molecule has 0 radical (unpaired) electrons. The summed E-state index contributed by atoms with van der Waals surface area (Å²) in [5, 5.41) is 0. The van der Waals surface area contributed by atoms with Gasteiger partial charge in [0.15, 0.2) is 0 Å². The summed E-state index contributed by atoms with van der Waals surface area (Å²) in [5.74, 6) is -0.668. The molecule has 0 aliphatic carbocycles. The number of benzene rings is 2. The fourth-order valence-electron chi connectivity index (χ4n) is 1.89. The van der Waals surface area contributed by atoms with E-state index in [4.69, 9.17) is 4.74 Å². The lowest BCUT2D eigenvalue weighted by Gasteiger charge is -2.06. The molecule has 0 spiro atoms. The molecule has 2 rings (SSSR count). The SMILES string of the molecule is COC(=O)/C(=C/c1ccccc1)Cc1ccc(F)cc1. The van der Waals surface area contributed by atoms with E-state index in [2.05, 4.69) is 0 Å². The van der Waals surface area contributed by atoms with Crippen molar-refractivity contribution in [3.63, 3.8) is 0 Å². The number of hydrogen-bond donors (Lipinski definition) is 0. The monoisotopic (exact) mass is 270 g/mol. The first kappa shape index (κ1) is 14.0. The maximum Gasteiger partial charge on any atom is 0.334 e. The highest BCUT2D eigenvalue weighted by Gasteiger charge is 2.10.